The van der Waals surface area contributed by atoms with Crippen LogP contribution in [0.3, 0.4) is 0 Å². The molecule has 19 aromatic rings. The maximum Gasteiger partial charge on any atom is 0.172 e. The van der Waals surface area contributed by atoms with E-state index in [0.29, 0.717) is 0 Å². The van der Waals surface area contributed by atoms with Gasteiger partial charge in [-0.2, -0.15) is 0 Å². The smallest absolute Gasteiger partial charge is 0.172 e. The minimum absolute atomic E-state index is 0.860. The fourth-order valence-corrected chi connectivity index (χ4v) is 22.6. The lowest BCUT2D eigenvalue weighted by Gasteiger charge is -2.16. The summed E-state index contributed by atoms with van der Waals surface area (Å²) in [7, 11) is -6.20. The lowest BCUT2D eigenvalue weighted by molar-refractivity contribution is 0.592. The van der Waals surface area contributed by atoms with E-state index in [2.05, 4.69) is 294 Å². The zero-order chi connectivity index (χ0) is 71.9. The summed E-state index contributed by atoms with van der Waals surface area (Å²) in [6.07, 6.45) is 0. The van der Waals surface area contributed by atoms with Crippen LogP contribution in [0.5, 0.6) is 0 Å². The monoisotopic (exact) mass is 1420 g/mol. The van der Waals surface area contributed by atoms with Gasteiger partial charge in [0.25, 0.3) is 0 Å². The third kappa shape index (κ3) is 10.8. The Bertz CT molecular complexity index is 6700. The van der Waals surface area contributed by atoms with Gasteiger partial charge in [-0.1, -0.05) is 340 Å². The van der Waals surface area contributed by atoms with Crippen LogP contribution in [0.4, 0.5) is 0 Å². The Hall–Kier alpha value is -13.3. The Morgan fingerprint density at radius 1 is 0.194 bits per heavy atom. The van der Waals surface area contributed by atoms with E-state index in [1.54, 1.807) is 0 Å². The molecule has 15 aromatic carbocycles. The van der Waals surface area contributed by atoms with Crippen molar-refractivity contribution in [2.24, 2.45) is 0 Å². The van der Waals surface area contributed by atoms with Crippen molar-refractivity contribution >= 4 is 89.7 Å². The molecule has 0 aliphatic carbocycles. The summed E-state index contributed by atoms with van der Waals surface area (Å²) in [5, 5.41) is 9.74. The molecule has 0 saturated carbocycles. The van der Waals surface area contributed by atoms with Crippen molar-refractivity contribution in [2.45, 2.75) is 0 Å². The van der Waals surface area contributed by atoms with Gasteiger partial charge in [-0.3, -0.25) is 0 Å². The quantitative estimate of drug-likeness (QED) is 0.121. The van der Waals surface area contributed by atoms with Crippen LogP contribution in [0, 0.1) is 0 Å². The first-order chi connectivity index (χ1) is 53.3. The molecule has 0 spiro atoms. The molecule has 6 heterocycles. The zero-order valence-corrected chi connectivity index (χ0v) is 60.4. The van der Waals surface area contributed by atoms with E-state index in [4.69, 9.17) is 9.97 Å². The summed E-state index contributed by atoms with van der Waals surface area (Å²) >= 11 is 0. The molecular weight excluding hydrogens is 1350 g/mol. The number of para-hydroxylation sites is 2. The van der Waals surface area contributed by atoms with Gasteiger partial charge in [0.2, 0.25) is 0 Å². The van der Waals surface area contributed by atoms with Crippen molar-refractivity contribution in [3.8, 4) is 112 Å². The predicted molar refractivity (Wildman–Crippen MR) is 452 cm³/mol. The molecule has 8 heteroatoms. The molecule has 21 rings (SSSR count). The van der Waals surface area contributed by atoms with Crippen molar-refractivity contribution in [1.29, 1.82) is 0 Å². The average Bonchev–Trinajstić information content (AvgIpc) is 1.55. The van der Waals surface area contributed by atoms with Gasteiger partial charge in [0, 0.05) is 75.6 Å². The second kappa shape index (κ2) is 26.4. The normalized spacial score (nSPS) is 14.6. The summed E-state index contributed by atoms with van der Waals surface area (Å²) < 4.78 is 35.7. The summed E-state index contributed by atoms with van der Waals surface area (Å²) in [6.45, 7) is 0. The molecule has 508 valence electrons. The summed E-state index contributed by atoms with van der Waals surface area (Å²) in [5.74, 6) is 0. The number of aromatic nitrogens is 4. The maximum atomic E-state index is 15.5. The van der Waals surface area contributed by atoms with Gasteiger partial charge in [0.1, 0.15) is 0 Å². The summed E-state index contributed by atoms with van der Waals surface area (Å²) in [5.41, 5.74) is 25.3. The van der Waals surface area contributed by atoms with E-state index in [1.807, 2.05) is 115 Å². The van der Waals surface area contributed by atoms with Crippen LogP contribution >= 0.6 is 14.3 Å². The molecule has 2 aliphatic rings. The van der Waals surface area contributed by atoms with Crippen molar-refractivity contribution < 1.29 is 9.13 Å². The molecule has 0 N–H and O–H groups in total. The van der Waals surface area contributed by atoms with Gasteiger partial charge in [0.15, 0.2) is 14.3 Å². The average molecular weight is 1420 g/mol. The molecule has 0 amide bonds. The molecule has 0 saturated heterocycles. The first-order valence-corrected chi connectivity index (χ1v) is 40.0. The van der Waals surface area contributed by atoms with E-state index in [-0.39, 0.29) is 0 Å². The SMILES string of the molecule is O=P1(c2ccccc2)c2ccccc2-c2cc3c(cc21)c1ccccc1n3-c1cc(-c2ccc(-c3ccccc3)cc2)nc(-c2ccc(-c3ccccc3)cc2)c1.O=P1(c2ccccc2)c2ccccc2-c2cc3c(cc21)c1ccccc1n3-c1cc(-c2ccccc2)nc(-c2ccc(-c3ccccc3)cc2)c1. The lowest BCUT2D eigenvalue weighted by atomic mass is 10.0. The number of rotatable bonds is 11. The third-order valence-electron chi connectivity index (χ3n) is 21.6. The molecule has 108 heavy (non-hydrogen) atoms. The van der Waals surface area contributed by atoms with Gasteiger partial charge in [-0.25, -0.2) is 9.97 Å². The molecule has 6 nitrogen and oxygen atoms in total. The highest BCUT2D eigenvalue weighted by Crippen LogP contribution is 2.56. The van der Waals surface area contributed by atoms with Crippen LogP contribution in [-0.4, -0.2) is 19.1 Å². The molecule has 0 bridgehead atoms. The number of benzene rings is 15. The Kier molecular flexibility index (Phi) is 15.7. The lowest BCUT2D eigenvalue weighted by Crippen LogP contribution is -2.20. The van der Waals surface area contributed by atoms with Crippen LogP contribution in [-0.2, 0) is 9.13 Å². The van der Waals surface area contributed by atoms with E-state index in [0.717, 1.165) is 165 Å². The Labute approximate surface area is 626 Å². The minimum atomic E-state index is -3.12. The first kappa shape index (κ1) is 64.3. The van der Waals surface area contributed by atoms with Crippen molar-refractivity contribution in [3.05, 3.63) is 400 Å². The van der Waals surface area contributed by atoms with Crippen LogP contribution in [0.25, 0.3) is 156 Å². The molecule has 2 unspecified atom stereocenters. The molecule has 4 aromatic heterocycles. The molecule has 0 radical (unpaired) electrons. The van der Waals surface area contributed by atoms with E-state index >= 15 is 9.13 Å². The summed E-state index contributed by atoms with van der Waals surface area (Å²) in [4.78, 5) is 10.6. The predicted octanol–water partition coefficient (Wildman–Crippen LogP) is 23.3. The van der Waals surface area contributed by atoms with Crippen LogP contribution < -0.4 is 31.8 Å². The van der Waals surface area contributed by atoms with E-state index < -0.39 is 14.3 Å². The topological polar surface area (TPSA) is 69.8 Å². The maximum absolute atomic E-state index is 15.5. The molecule has 2 aliphatic heterocycles. The molecule has 2 atom stereocenters. The van der Waals surface area contributed by atoms with Crippen LogP contribution in [0.1, 0.15) is 0 Å². The van der Waals surface area contributed by atoms with Gasteiger partial charge >= 0.3 is 0 Å². The highest BCUT2D eigenvalue weighted by atomic mass is 31.2. The Morgan fingerprint density at radius 2 is 0.454 bits per heavy atom. The van der Waals surface area contributed by atoms with Crippen molar-refractivity contribution in [3.63, 3.8) is 0 Å². The number of pyridine rings is 2. The number of hydrogen-bond acceptors (Lipinski definition) is 4. The standard InChI is InChI=1S/C53H35N2OP.C47H31N2OP/c56-57(43-18-8-3-9-19-43)52-23-13-11-21-45(52)47-34-51-46(35-53(47)57)44-20-10-12-22-50(44)55(51)42-32-48(40-28-24-38(25-29-40)36-14-4-1-5-15-36)54-49(33-42)41-30-26-39(27-31-41)37-16-6-2-7-17-37;50-51(37-18-8-3-9-19-37)46-23-13-11-21-39(46)41-30-45-40(31-47(41)51)38-20-10-12-22-44(38)49(45)36-28-42(34-16-6-2-7-17-34)48-43(29-36)35-26-24-33(25-27-35)32-14-4-1-5-15-32/h1-35H;1-31H. The van der Waals surface area contributed by atoms with E-state index in [1.165, 1.54) is 22.3 Å². The zero-order valence-electron chi connectivity index (χ0n) is 58.6. The number of nitrogens with zero attached hydrogens (tertiary/aromatic N) is 4. The number of fused-ring (bicyclic) bond motifs is 12. The fourth-order valence-electron chi connectivity index (χ4n) is 16.4. The Balaban J connectivity index is 0.000000143. The van der Waals surface area contributed by atoms with Gasteiger partial charge in [-0.15, -0.1) is 0 Å². The van der Waals surface area contributed by atoms with Crippen LogP contribution in [0.15, 0.2) is 400 Å². The van der Waals surface area contributed by atoms with Crippen molar-refractivity contribution in [2.75, 3.05) is 0 Å². The largest absolute Gasteiger partial charge is 0.309 e. The number of hydrogen-bond donors (Lipinski definition) is 0. The second-order valence-corrected chi connectivity index (χ2v) is 33.2. The van der Waals surface area contributed by atoms with Gasteiger partial charge < -0.3 is 18.3 Å². The Morgan fingerprint density at radius 3 is 0.796 bits per heavy atom. The minimum Gasteiger partial charge on any atom is -0.309 e. The first-order valence-electron chi connectivity index (χ1n) is 36.5. The van der Waals surface area contributed by atoms with Crippen molar-refractivity contribution in [1.82, 2.24) is 19.1 Å². The highest BCUT2D eigenvalue weighted by molar-refractivity contribution is 7.87. The molecular formula is C100H66N4O2P2. The van der Waals surface area contributed by atoms with Crippen LogP contribution in [0.2, 0.25) is 0 Å². The van der Waals surface area contributed by atoms with Gasteiger partial charge in [0.05, 0.1) is 56.2 Å². The third-order valence-corrected chi connectivity index (χ3v) is 27.9. The van der Waals surface area contributed by atoms with Gasteiger partial charge in [-0.05, 0) is 116 Å². The molecule has 0 fully saturated rings. The summed E-state index contributed by atoms with van der Waals surface area (Å²) in [6, 6.07) is 139. The second-order valence-electron chi connectivity index (χ2n) is 27.8. The van der Waals surface area contributed by atoms with E-state index in [9.17, 15) is 0 Å². The highest BCUT2D eigenvalue weighted by Gasteiger charge is 2.42. The fraction of sp³-hybridized carbons (Fsp3) is 0.